The van der Waals surface area contributed by atoms with Gasteiger partial charge in [-0.2, -0.15) is 18.2 Å². The van der Waals surface area contributed by atoms with Crippen LogP contribution in [0.1, 0.15) is 30.6 Å². The smallest absolute Gasteiger partial charge is 0.383 e. The zero-order valence-corrected chi connectivity index (χ0v) is 17.0. The van der Waals surface area contributed by atoms with Gasteiger partial charge in [-0.3, -0.25) is 9.59 Å². The Labute approximate surface area is 176 Å². The van der Waals surface area contributed by atoms with Gasteiger partial charge in [-0.15, -0.1) is 0 Å². The number of nitrogens with two attached hydrogens (primary N) is 2. The third-order valence-electron chi connectivity index (χ3n) is 4.26. The van der Waals surface area contributed by atoms with Gasteiger partial charge >= 0.3 is 6.18 Å². The number of hydrogen-bond acceptors (Lipinski definition) is 7. The average Bonchev–Trinajstić information content (AvgIpc) is 2.67. The fourth-order valence-electron chi connectivity index (χ4n) is 2.71. The molecule has 7 N–H and O–H groups in total. The highest BCUT2D eigenvalue weighted by Crippen LogP contribution is 2.22. The maximum Gasteiger partial charge on any atom is 0.405 e. The zero-order valence-electron chi connectivity index (χ0n) is 17.0. The lowest BCUT2D eigenvalue weighted by Crippen LogP contribution is -2.27. The SMILES string of the molecule is CC(CC(C)C(N)=O)Nc1ccc(Nc2ncc(C(N)=O)c(NCC(F)(F)F)n2)cc1. The summed E-state index contributed by atoms with van der Waals surface area (Å²) < 4.78 is 37.5. The Bertz CT molecular complexity index is 920. The van der Waals surface area contributed by atoms with E-state index < -0.39 is 18.6 Å². The first-order valence-corrected chi connectivity index (χ1v) is 9.35. The number of aromatic nitrogens is 2. The van der Waals surface area contributed by atoms with Gasteiger partial charge in [0.05, 0.1) is 5.56 Å². The molecule has 2 atom stereocenters. The van der Waals surface area contributed by atoms with E-state index in [1.807, 2.05) is 6.92 Å². The van der Waals surface area contributed by atoms with Crippen LogP contribution in [0.5, 0.6) is 0 Å². The summed E-state index contributed by atoms with van der Waals surface area (Å²) in [7, 11) is 0. The maximum absolute atomic E-state index is 12.5. The number of anilines is 4. The van der Waals surface area contributed by atoms with E-state index >= 15 is 0 Å². The van der Waals surface area contributed by atoms with Crippen molar-refractivity contribution >= 4 is 35.0 Å². The number of rotatable bonds is 10. The number of carbonyl (C=O) groups excluding carboxylic acids is 2. The number of halogens is 3. The van der Waals surface area contributed by atoms with Crippen molar-refractivity contribution in [2.75, 3.05) is 22.5 Å². The van der Waals surface area contributed by atoms with Gasteiger partial charge in [-0.25, -0.2) is 4.98 Å². The highest BCUT2D eigenvalue weighted by atomic mass is 19.4. The first kappa shape index (κ1) is 23.7. The number of hydrogen-bond donors (Lipinski definition) is 5. The summed E-state index contributed by atoms with van der Waals surface area (Å²) in [5.41, 5.74) is 11.6. The van der Waals surface area contributed by atoms with E-state index in [1.165, 1.54) is 0 Å². The molecular weight excluding hydrogens is 415 g/mol. The molecule has 0 saturated carbocycles. The van der Waals surface area contributed by atoms with E-state index in [2.05, 4.69) is 25.9 Å². The number of alkyl halides is 3. The predicted molar refractivity (Wildman–Crippen MR) is 111 cm³/mol. The largest absolute Gasteiger partial charge is 0.405 e. The average molecular weight is 439 g/mol. The molecule has 12 heteroatoms. The molecule has 0 bridgehead atoms. The number of benzene rings is 1. The molecule has 2 rings (SSSR count). The van der Waals surface area contributed by atoms with Gasteiger partial charge in [0.2, 0.25) is 11.9 Å². The standard InChI is InChI=1S/C19H24F3N7O2/c1-10(15(23)30)7-11(2)27-12-3-5-13(6-4-12)28-18-25-8-14(16(24)31)17(29-18)26-9-19(20,21)22/h3-6,8,10-11,27H,7,9H2,1-2H3,(H2,23,30)(H2,24,31)(H2,25,26,28,29). The Kier molecular flexibility index (Phi) is 7.61. The van der Waals surface area contributed by atoms with Crippen LogP contribution in [0, 0.1) is 5.92 Å². The quantitative estimate of drug-likeness (QED) is 0.382. The van der Waals surface area contributed by atoms with Crippen molar-refractivity contribution < 1.29 is 22.8 Å². The van der Waals surface area contributed by atoms with Crippen LogP contribution in [-0.2, 0) is 4.79 Å². The van der Waals surface area contributed by atoms with E-state index in [4.69, 9.17) is 11.5 Å². The van der Waals surface area contributed by atoms with E-state index in [1.54, 1.807) is 31.2 Å². The molecule has 0 radical (unpaired) electrons. The molecule has 1 heterocycles. The molecule has 1 aromatic heterocycles. The van der Waals surface area contributed by atoms with Crippen LogP contribution in [0.2, 0.25) is 0 Å². The topological polar surface area (TPSA) is 148 Å². The van der Waals surface area contributed by atoms with Crippen LogP contribution in [0.4, 0.5) is 36.3 Å². The molecule has 168 valence electrons. The zero-order chi connectivity index (χ0) is 23.2. The minimum absolute atomic E-state index is 0.00764. The molecule has 0 saturated heterocycles. The second-order valence-electron chi connectivity index (χ2n) is 7.08. The summed E-state index contributed by atoms with van der Waals surface area (Å²) in [5, 5.41) is 8.15. The number of nitrogens with zero attached hydrogens (tertiary/aromatic N) is 2. The first-order chi connectivity index (χ1) is 14.4. The summed E-state index contributed by atoms with van der Waals surface area (Å²) in [6, 6.07) is 6.97. The molecule has 0 fully saturated rings. The van der Waals surface area contributed by atoms with Gasteiger partial charge in [-0.05, 0) is 37.6 Å². The fourth-order valence-corrected chi connectivity index (χ4v) is 2.71. The molecule has 31 heavy (non-hydrogen) atoms. The Hall–Kier alpha value is -3.57. The lowest BCUT2D eigenvalue weighted by Gasteiger charge is -2.18. The lowest BCUT2D eigenvalue weighted by molar-refractivity contribution is -0.121. The Morgan fingerprint density at radius 1 is 1.10 bits per heavy atom. The third kappa shape index (κ3) is 7.64. The van der Waals surface area contributed by atoms with E-state index in [-0.39, 0.29) is 35.2 Å². The number of nitrogens with one attached hydrogen (secondary N) is 3. The minimum atomic E-state index is -4.50. The molecule has 0 spiro atoms. The van der Waals surface area contributed by atoms with Crippen LogP contribution < -0.4 is 27.4 Å². The van der Waals surface area contributed by atoms with E-state index in [0.717, 1.165) is 11.9 Å². The van der Waals surface area contributed by atoms with Crippen molar-refractivity contribution in [1.29, 1.82) is 0 Å². The Balaban J connectivity index is 2.06. The van der Waals surface area contributed by atoms with Crippen LogP contribution >= 0.6 is 0 Å². The highest BCUT2D eigenvalue weighted by Gasteiger charge is 2.28. The van der Waals surface area contributed by atoms with Crippen molar-refractivity contribution in [2.24, 2.45) is 17.4 Å². The second kappa shape index (κ2) is 9.96. The van der Waals surface area contributed by atoms with Crippen molar-refractivity contribution in [3.63, 3.8) is 0 Å². The molecule has 0 aliphatic carbocycles. The first-order valence-electron chi connectivity index (χ1n) is 9.35. The monoisotopic (exact) mass is 439 g/mol. The lowest BCUT2D eigenvalue weighted by atomic mass is 10.0. The summed E-state index contributed by atoms with van der Waals surface area (Å²) in [5.74, 6) is -1.91. The summed E-state index contributed by atoms with van der Waals surface area (Å²) in [6.07, 6.45) is -2.88. The number of carbonyl (C=O) groups is 2. The molecule has 0 aliphatic rings. The van der Waals surface area contributed by atoms with Gasteiger partial charge in [-0.1, -0.05) is 6.92 Å². The van der Waals surface area contributed by atoms with Crippen LogP contribution in [0.3, 0.4) is 0 Å². The van der Waals surface area contributed by atoms with Gasteiger partial charge in [0.15, 0.2) is 0 Å². The van der Waals surface area contributed by atoms with Crippen molar-refractivity contribution in [3.05, 3.63) is 36.0 Å². The van der Waals surface area contributed by atoms with Crippen LogP contribution in [-0.4, -0.2) is 40.5 Å². The molecule has 2 unspecified atom stereocenters. The van der Waals surface area contributed by atoms with Crippen LogP contribution in [0.25, 0.3) is 0 Å². The van der Waals surface area contributed by atoms with Gasteiger partial charge < -0.3 is 27.4 Å². The Morgan fingerprint density at radius 2 is 1.71 bits per heavy atom. The summed E-state index contributed by atoms with van der Waals surface area (Å²) in [4.78, 5) is 30.4. The summed E-state index contributed by atoms with van der Waals surface area (Å²) >= 11 is 0. The molecule has 2 amide bonds. The van der Waals surface area contributed by atoms with Crippen molar-refractivity contribution in [2.45, 2.75) is 32.5 Å². The molecule has 1 aromatic carbocycles. The molecular formula is C19H24F3N7O2. The minimum Gasteiger partial charge on any atom is -0.383 e. The van der Waals surface area contributed by atoms with Gasteiger partial charge in [0, 0.05) is 29.5 Å². The van der Waals surface area contributed by atoms with Crippen LogP contribution in [0.15, 0.2) is 30.5 Å². The predicted octanol–water partition coefficient (Wildman–Crippen LogP) is 2.61. The van der Waals surface area contributed by atoms with Crippen molar-refractivity contribution in [3.8, 4) is 0 Å². The summed E-state index contributed by atoms with van der Waals surface area (Å²) in [6.45, 7) is 2.31. The molecule has 9 nitrogen and oxygen atoms in total. The second-order valence-corrected chi connectivity index (χ2v) is 7.08. The maximum atomic E-state index is 12.5. The van der Waals surface area contributed by atoms with Gasteiger partial charge in [0.1, 0.15) is 12.4 Å². The van der Waals surface area contributed by atoms with E-state index in [9.17, 15) is 22.8 Å². The normalized spacial score (nSPS) is 13.2. The van der Waals surface area contributed by atoms with Gasteiger partial charge in [0.25, 0.3) is 5.91 Å². The number of amides is 2. The third-order valence-corrected chi connectivity index (χ3v) is 4.26. The van der Waals surface area contributed by atoms with E-state index in [0.29, 0.717) is 12.1 Å². The highest BCUT2D eigenvalue weighted by molar-refractivity contribution is 5.97. The molecule has 0 aliphatic heterocycles. The Morgan fingerprint density at radius 3 is 2.26 bits per heavy atom. The molecule has 2 aromatic rings. The van der Waals surface area contributed by atoms with Crippen molar-refractivity contribution in [1.82, 2.24) is 9.97 Å². The number of primary amides is 2. The fraction of sp³-hybridized carbons (Fsp3) is 0.368.